The highest BCUT2D eigenvalue weighted by atomic mass is 35.5. The van der Waals surface area contributed by atoms with E-state index in [2.05, 4.69) is 15.6 Å². The van der Waals surface area contributed by atoms with Gasteiger partial charge in [0, 0.05) is 19.0 Å². The molecule has 0 aliphatic heterocycles. The first-order chi connectivity index (χ1) is 20.6. The van der Waals surface area contributed by atoms with Crippen molar-refractivity contribution in [1.29, 1.82) is 0 Å². The van der Waals surface area contributed by atoms with Gasteiger partial charge in [0.2, 0.25) is 11.9 Å². The fourth-order valence-corrected chi connectivity index (χ4v) is 5.19. The van der Waals surface area contributed by atoms with Gasteiger partial charge in [0.15, 0.2) is 0 Å². The van der Waals surface area contributed by atoms with Gasteiger partial charge >= 0.3 is 0 Å². The molecule has 0 atom stereocenters. The zero-order chi connectivity index (χ0) is 32.5. The van der Waals surface area contributed by atoms with Crippen LogP contribution in [-0.4, -0.2) is 41.4 Å². The van der Waals surface area contributed by atoms with E-state index in [1.165, 1.54) is 42.3 Å². The number of alkyl halides is 2. The molecule has 2 amide bonds. The maximum absolute atomic E-state index is 13.9. The maximum atomic E-state index is 13.9. The average Bonchev–Trinajstić information content (AvgIpc) is 3.26. The number of hydrogen-bond donors (Lipinski definition) is 3. The molecule has 234 valence electrons. The van der Waals surface area contributed by atoms with Crippen LogP contribution in [0.1, 0.15) is 42.3 Å². The number of aromatic nitrogens is 2. The second-order valence-electron chi connectivity index (χ2n) is 11.2. The molecule has 0 saturated heterocycles. The first-order valence-corrected chi connectivity index (χ1v) is 14.5. The van der Waals surface area contributed by atoms with Crippen LogP contribution in [0.2, 0.25) is 15.1 Å². The Bertz CT molecular complexity index is 1740. The summed E-state index contributed by atoms with van der Waals surface area (Å²) in [5, 5.41) is 6.39. The molecule has 0 aliphatic carbocycles. The number of imidazole rings is 1. The van der Waals surface area contributed by atoms with Gasteiger partial charge in [0.25, 0.3) is 12.3 Å². The summed E-state index contributed by atoms with van der Waals surface area (Å²) in [6, 6.07) is 10.5. The molecule has 0 aliphatic rings. The van der Waals surface area contributed by atoms with Crippen molar-refractivity contribution in [2.45, 2.75) is 40.3 Å². The summed E-state index contributed by atoms with van der Waals surface area (Å²) in [5.74, 6) is -1.38. The van der Waals surface area contributed by atoms with Crippen molar-refractivity contribution in [3.8, 4) is 0 Å². The van der Waals surface area contributed by atoms with Crippen LogP contribution in [0.5, 0.6) is 0 Å². The number of anilines is 3. The third-order valence-electron chi connectivity index (χ3n) is 6.81. The molecular weight excluding hydrogens is 640 g/mol. The molecule has 14 heteroatoms. The fraction of sp³-hybridized carbons (Fsp3) is 0.300. The summed E-state index contributed by atoms with van der Waals surface area (Å²) < 4.78 is 42.2. The molecule has 8 nitrogen and oxygen atoms in total. The molecule has 1 heterocycles. The molecular formula is C30H30Cl3F3N6O2. The lowest BCUT2D eigenvalue weighted by atomic mass is 9.95. The Morgan fingerprint density at radius 2 is 1.77 bits per heavy atom. The third-order valence-corrected chi connectivity index (χ3v) is 7.84. The van der Waals surface area contributed by atoms with E-state index in [0.29, 0.717) is 22.2 Å². The molecule has 4 aromatic rings. The Hall–Kier alpha value is -3.67. The number of primary amides is 1. The minimum Gasteiger partial charge on any atom is -0.368 e. The number of nitrogens with zero attached hydrogens (tertiary/aromatic N) is 3. The maximum Gasteiger partial charge on any atom is 0.255 e. The minimum atomic E-state index is -2.68. The number of hydrogen-bond acceptors (Lipinski definition) is 5. The van der Waals surface area contributed by atoms with Crippen LogP contribution in [0.15, 0.2) is 42.5 Å². The van der Waals surface area contributed by atoms with Crippen molar-refractivity contribution >= 4 is 75.0 Å². The number of benzene rings is 3. The van der Waals surface area contributed by atoms with Crippen LogP contribution in [0, 0.1) is 11.2 Å². The second-order valence-corrected chi connectivity index (χ2v) is 12.4. The molecule has 44 heavy (non-hydrogen) atoms. The van der Waals surface area contributed by atoms with Crippen molar-refractivity contribution in [2.24, 2.45) is 11.1 Å². The summed E-state index contributed by atoms with van der Waals surface area (Å²) in [6.07, 6.45) is -2.68. The van der Waals surface area contributed by atoms with Gasteiger partial charge < -0.3 is 25.8 Å². The van der Waals surface area contributed by atoms with Gasteiger partial charge in [-0.25, -0.2) is 18.2 Å². The van der Waals surface area contributed by atoms with E-state index in [1.54, 1.807) is 37.5 Å². The molecule has 0 radical (unpaired) electrons. The van der Waals surface area contributed by atoms with Crippen molar-refractivity contribution < 1.29 is 22.8 Å². The molecule has 0 saturated carbocycles. The Labute approximate surface area is 267 Å². The molecule has 0 bridgehead atoms. The quantitative estimate of drug-likeness (QED) is 0.163. The molecule has 0 fully saturated rings. The molecule has 3 aromatic carbocycles. The number of amides is 2. The Morgan fingerprint density at radius 3 is 2.39 bits per heavy atom. The molecule has 1 aromatic heterocycles. The van der Waals surface area contributed by atoms with E-state index in [1.807, 2.05) is 0 Å². The Morgan fingerprint density at radius 1 is 1.07 bits per heavy atom. The highest BCUT2D eigenvalue weighted by molar-refractivity contribution is 6.39. The van der Waals surface area contributed by atoms with Crippen molar-refractivity contribution in [2.75, 3.05) is 23.8 Å². The monoisotopic (exact) mass is 668 g/mol. The van der Waals surface area contributed by atoms with Gasteiger partial charge in [-0.3, -0.25) is 9.59 Å². The van der Waals surface area contributed by atoms with Gasteiger partial charge in [-0.1, -0.05) is 67.7 Å². The van der Waals surface area contributed by atoms with Crippen LogP contribution in [0.4, 0.5) is 30.5 Å². The zero-order valence-electron chi connectivity index (χ0n) is 24.2. The SMILES string of the molecule is CN(CC(F)F)c1cc2c(cc1C(N)=O)nc(Nc1c(Cl)ccc(CNC(=O)C(C)(C)C)c1Cl)n2Cc1ccc(F)c(Cl)c1. The van der Waals surface area contributed by atoms with Gasteiger partial charge in [0.05, 0.1) is 56.1 Å². The van der Waals surface area contributed by atoms with E-state index in [9.17, 15) is 22.8 Å². The zero-order valence-corrected chi connectivity index (χ0v) is 26.5. The topological polar surface area (TPSA) is 105 Å². The van der Waals surface area contributed by atoms with E-state index in [-0.39, 0.29) is 57.0 Å². The molecule has 4 rings (SSSR count). The van der Waals surface area contributed by atoms with Crippen LogP contribution >= 0.6 is 34.8 Å². The largest absolute Gasteiger partial charge is 0.368 e. The average molecular weight is 670 g/mol. The number of fused-ring (bicyclic) bond motifs is 1. The first kappa shape index (κ1) is 33.2. The number of halogens is 6. The second kappa shape index (κ2) is 13.1. The van der Waals surface area contributed by atoms with Crippen LogP contribution in [-0.2, 0) is 17.9 Å². The summed E-state index contributed by atoms with van der Waals surface area (Å²) >= 11 is 19.4. The lowest BCUT2D eigenvalue weighted by molar-refractivity contribution is -0.128. The molecule has 0 spiro atoms. The van der Waals surface area contributed by atoms with Crippen molar-refractivity contribution in [3.63, 3.8) is 0 Å². The Balaban J connectivity index is 1.85. The van der Waals surface area contributed by atoms with E-state index in [4.69, 9.17) is 40.5 Å². The fourth-order valence-electron chi connectivity index (χ4n) is 4.45. The van der Waals surface area contributed by atoms with Gasteiger partial charge in [-0.15, -0.1) is 0 Å². The lowest BCUT2D eigenvalue weighted by Crippen LogP contribution is -2.34. The first-order valence-electron chi connectivity index (χ1n) is 13.4. The van der Waals surface area contributed by atoms with Crippen molar-refractivity contribution in [3.05, 3.63) is 80.0 Å². The number of carbonyl (C=O) groups is 2. The Kier molecular flexibility index (Phi) is 9.92. The van der Waals surface area contributed by atoms with Crippen LogP contribution in [0.3, 0.4) is 0 Å². The standard InChI is InChI=1S/C30H30Cl3F3N6O2/c1-30(2,3)28(44)38-12-16-6-7-18(31)26(25(16)33)40-29-39-21-10-17(27(37)43)22(41(4)14-24(35)36)11-23(21)42(29)13-15-5-8-20(34)19(32)9-15/h5-11,24H,12-14H2,1-4H3,(H2,37,43)(H,38,44)(H,39,40). The molecule has 4 N–H and O–H groups in total. The van der Waals surface area contributed by atoms with Crippen LogP contribution in [0.25, 0.3) is 11.0 Å². The highest BCUT2D eigenvalue weighted by Gasteiger charge is 2.24. The number of carbonyl (C=O) groups excluding carboxylic acids is 2. The van der Waals surface area contributed by atoms with Crippen molar-refractivity contribution in [1.82, 2.24) is 14.9 Å². The van der Waals surface area contributed by atoms with Gasteiger partial charge in [-0.2, -0.15) is 0 Å². The highest BCUT2D eigenvalue weighted by Crippen LogP contribution is 2.37. The summed E-state index contributed by atoms with van der Waals surface area (Å²) in [6.45, 7) is 4.95. The summed E-state index contributed by atoms with van der Waals surface area (Å²) in [4.78, 5) is 30.7. The van der Waals surface area contributed by atoms with E-state index >= 15 is 0 Å². The van der Waals surface area contributed by atoms with Gasteiger partial charge in [0.1, 0.15) is 5.82 Å². The lowest BCUT2D eigenvalue weighted by Gasteiger charge is -2.21. The normalized spacial score (nSPS) is 11.7. The van der Waals surface area contributed by atoms with Gasteiger partial charge in [-0.05, 0) is 41.5 Å². The number of nitrogens with two attached hydrogens (primary N) is 1. The summed E-state index contributed by atoms with van der Waals surface area (Å²) in [5.41, 5.74) is 7.37. The predicted molar refractivity (Wildman–Crippen MR) is 169 cm³/mol. The third kappa shape index (κ3) is 7.34. The minimum absolute atomic E-state index is 0.00525. The predicted octanol–water partition coefficient (Wildman–Crippen LogP) is 7.39. The van der Waals surface area contributed by atoms with E-state index in [0.717, 1.165) is 0 Å². The number of rotatable bonds is 10. The summed E-state index contributed by atoms with van der Waals surface area (Å²) in [7, 11) is 1.42. The number of nitrogens with one attached hydrogen (secondary N) is 2. The molecule has 0 unspecified atom stereocenters. The van der Waals surface area contributed by atoms with E-state index < -0.39 is 30.1 Å². The smallest absolute Gasteiger partial charge is 0.255 e. The van der Waals surface area contributed by atoms with Crippen LogP contribution < -0.4 is 21.3 Å².